The Labute approximate surface area is 188 Å². The lowest BCUT2D eigenvalue weighted by atomic mass is 9.98. The van der Waals surface area contributed by atoms with Gasteiger partial charge >= 0.3 is 0 Å². The fourth-order valence-corrected chi connectivity index (χ4v) is 4.28. The van der Waals surface area contributed by atoms with Crippen LogP contribution in [0, 0.1) is 24.6 Å². The summed E-state index contributed by atoms with van der Waals surface area (Å²) >= 11 is 0. The molecule has 2 heterocycles. The molecule has 2 aliphatic rings. The van der Waals surface area contributed by atoms with Crippen molar-refractivity contribution in [1.29, 1.82) is 0 Å². The van der Waals surface area contributed by atoms with Crippen LogP contribution in [-0.4, -0.2) is 31.4 Å². The van der Waals surface area contributed by atoms with E-state index in [0.717, 1.165) is 48.4 Å². The van der Waals surface area contributed by atoms with E-state index in [1.165, 1.54) is 0 Å². The zero-order valence-electron chi connectivity index (χ0n) is 18.7. The predicted octanol–water partition coefficient (Wildman–Crippen LogP) is 3.87. The summed E-state index contributed by atoms with van der Waals surface area (Å²) in [6.07, 6.45) is 2.45. The summed E-state index contributed by atoms with van der Waals surface area (Å²) in [7, 11) is 0. The number of rotatable bonds is 6. The number of carbonyl (C=O) groups is 2. The van der Waals surface area contributed by atoms with Gasteiger partial charge < -0.3 is 20.9 Å². The van der Waals surface area contributed by atoms with Crippen molar-refractivity contribution >= 4 is 28.9 Å². The predicted molar refractivity (Wildman–Crippen MR) is 124 cm³/mol. The molecule has 1 unspecified atom stereocenters. The molecule has 2 aromatic carbocycles. The van der Waals surface area contributed by atoms with Gasteiger partial charge in [0.1, 0.15) is 5.82 Å². The first-order chi connectivity index (χ1) is 15.4. The summed E-state index contributed by atoms with van der Waals surface area (Å²) in [5.74, 6) is 0.0202. The monoisotopic (exact) mass is 438 g/mol. The molecule has 170 valence electrons. The smallest absolute Gasteiger partial charge is 0.225 e. The molecule has 3 N–H and O–H groups in total. The number of benzene rings is 2. The molecule has 6 nitrogen and oxygen atoms in total. The van der Waals surface area contributed by atoms with Gasteiger partial charge in [0.25, 0.3) is 0 Å². The Kier molecular flexibility index (Phi) is 6.63. The van der Waals surface area contributed by atoms with E-state index in [0.29, 0.717) is 24.7 Å². The normalized spacial score (nSPS) is 19.0. The van der Waals surface area contributed by atoms with Crippen LogP contribution in [-0.2, 0) is 16.1 Å². The Bertz CT molecular complexity index is 984. The molecular formula is C25H31FN4O2. The Hall–Kier alpha value is -3.09. The van der Waals surface area contributed by atoms with Gasteiger partial charge in [0, 0.05) is 44.0 Å². The topological polar surface area (TPSA) is 73.5 Å². The molecule has 0 radical (unpaired) electrons. The summed E-state index contributed by atoms with van der Waals surface area (Å²) in [6, 6.07) is 11.2. The van der Waals surface area contributed by atoms with Gasteiger partial charge in [-0.3, -0.25) is 9.59 Å². The number of hydrogen-bond acceptors (Lipinski definition) is 4. The maximum atomic E-state index is 14.9. The number of halogens is 1. The van der Waals surface area contributed by atoms with Gasteiger partial charge in [0.2, 0.25) is 11.8 Å². The minimum absolute atomic E-state index is 0.0779. The van der Waals surface area contributed by atoms with Gasteiger partial charge in [-0.1, -0.05) is 19.1 Å². The largest absolute Gasteiger partial charge is 0.369 e. The van der Waals surface area contributed by atoms with Crippen molar-refractivity contribution in [2.75, 3.05) is 29.9 Å². The molecular weight excluding hydrogens is 407 g/mol. The number of aryl methyl sites for hydroxylation is 1. The number of carbonyl (C=O) groups excluding carboxylic acids is 2. The first-order valence-electron chi connectivity index (χ1n) is 11.3. The first-order valence-corrected chi connectivity index (χ1v) is 11.3. The van der Waals surface area contributed by atoms with Crippen LogP contribution in [0.2, 0.25) is 0 Å². The van der Waals surface area contributed by atoms with Gasteiger partial charge in [-0.15, -0.1) is 0 Å². The molecule has 2 saturated heterocycles. The number of piperidine rings is 1. The van der Waals surface area contributed by atoms with E-state index in [1.54, 1.807) is 6.07 Å². The lowest BCUT2D eigenvalue weighted by Gasteiger charge is -2.32. The Morgan fingerprint density at radius 2 is 1.91 bits per heavy atom. The second-order valence-electron chi connectivity index (χ2n) is 9.03. The van der Waals surface area contributed by atoms with E-state index in [1.807, 2.05) is 37.3 Å². The molecule has 2 aliphatic heterocycles. The maximum Gasteiger partial charge on any atom is 0.225 e. The third-order valence-corrected chi connectivity index (χ3v) is 6.47. The molecule has 0 spiro atoms. The first kappa shape index (κ1) is 22.1. The molecule has 1 atom stereocenters. The van der Waals surface area contributed by atoms with Crippen molar-refractivity contribution in [3.8, 4) is 0 Å². The zero-order valence-corrected chi connectivity index (χ0v) is 18.7. The van der Waals surface area contributed by atoms with Crippen LogP contribution in [0.25, 0.3) is 0 Å². The van der Waals surface area contributed by atoms with Crippen molar-refractivity contribution in [1.82, 2.24) is 10.6 Å². The third-order valence-electron chi connectivity index (χ3n) is 6.47. The Morgan fingerprint density at radius 3 is 2.56 bits per heavy atom. The summed E-state index contributed by atoms with van der Waals surface area (Å²) in [5, 5.41) is 8.86. The number of nitrogens with one attached hydrogen (secondary N) is 3. The second kappa shape index (κ2) is 9.59. The third kappa shape index (κ3) is 5.21. The SMILES string of the molecule is Cc1cc(N2CCC(C)CC2)c(F)cc1Nc1ccc(CNC(=O)C2CNC(=O)C2)cc1. The number of amides is 2. The van der Waals surface area contributed by atoms with Crippen LogP contribution in [0.3, 0.4) is 0 Å². The van der Waals surface area contributed by atoms with Crippen LogP contribution in [0.4, 0.5) is 21.5 Å². The highest BCUT2D eigenvalue weighted by Gasteiger charge is 2.27. The van der Waals surface area contributed by atoms with Crippen molar-refractivity contribution in [3.05, 3.63) is 53.3 Å². The highest BCUT2D eigenvalue weighted by molar-refractivity contribution is 5.89. The molecule has 4 rings (SSSR count). The minimum atomic E-state index is -0.294. The van der Waals surface area contributed by atoms with E-state index >= 15 is 0 Å². The van der Waals surface area contributed by atoms with Crippen LogP contribution in [0.5, 0.6) is 0 Å². The molecule has 2 amide bonds. The minimum Gasteiger partial charge on any atom is -0.369 e. The number of hydrogen-bond donors (Lipinski definition) is 3. The summed E-state index contributed by atoms with van der Waals surface area (Å²) in [5.41, 5.74) is 4.24. The van der Waals surface area contributed by atoms with Crippen molar-refractivity contribution in [3.63, 3.8) is 0 Å². The fourth-order valence-electron chi connectivity index (χ4n) is 4.28. The molecule has 2 fully saturated rings. The van der Waals surface area contributed by atoms with E-state index in [2.05, 4.69) is 27.8 Å². The standard InChI is InChI=1S/C25H31FN4O2/c1-16-7-9-30(10-8-16)23-11-17(2)22(13-21(23)26)29-20-5-3-18(4-6-20)14-28-25(32)19-12-24(31)27-15-19/h3-6,11,13,16,19,29H,7-10,12,14-15H2,1-2H3,(H,27,31)(H,28,32). The van der Waals surface area contributed by atoms with Crippen molar-refractivity contribution in [2.24, 2.45) is 11.8 Å². The fraction of sp³-hybridized carbons (Fsp3) is 0.440. The Morgan fingerprint density at radius 1 is 1.19 bits per heavy atom. The van der Waals surface area contributed by atoms with Gasteiger partial charge in [-0.25, -0.2) is 4.39 Å². The molecule has 32 heavy (non-hydrogen) atoms. The van der Waals surface area contributed by atoms with E-state index in [9.17, 15) is 14.0 Å². The number of nitrogens with zero attached hydrogens (tertiary/aromatic N) is 1. The van der Waals surface area contributed by atoms with Gasteiger partial charge in [-0.05, 0) is 61.1 Å². The van der Waals surface area contributed by atoms with E-state index < -0.39 is 0 Å². The zero-order chi connectivity index (χ0) is 22.7. The lowest BCUT2D eigenvalue weighted by molar-refractivity contribution is -0.126. The molecule has 0 bridgehead atoms. The summed E-state index contributed by atoms with van der Waals surface area (Å²) in [6.45, 7) is 6.84. The Balaban J connectivity index is 1.35. The van der Waals surface area contributed by atoms with Crippen LogP contribution < -0.4 is 20.9 Å². The highest BCUT2D eigenvalue weighted by Crippen LogP contribution is 2.31. The average molecular weight is 439 g/mol. The number of anilines is 3. The lowest BCUT2D eigenvalue weighted by Crippen LogP contribution is -2.33. The summed E-state index contributed by atoms with van der Waals surface area (Å²) < 4.78 is 14.9. The van der Waals surface area contributed by atoms with Gasteiger partial charge in [0.15, 0.2) is 0 Å². The van der Waals surface area contributed by atoms with Crippen LogP contribution in [0.1, 0.15) is 37.3 Å². The van der Waals surface area contributed by atoms with Crippen molar-refractivity contribution < 1.29 is 14.0 Å². The van der Waals surface area contributed by atoms with E-state index in [-0.39, 0.29) is 30.0 Å². The highest BCUT2D eigenvalue weighted by atomic mass is 19.1. The molecule has 7 heteroatoms. The van der Waals surface area contributed by atoms with Crippen molar-refractivity contribution in [2.45, 2.75) is 39.7 Å². The molecule has 0 aliphatic carbocycles. The van der Waals surface area contributed by atoms with Crippen LogP contribution in [0.15, 0.2) is 36.4 Å². The second-order valence-corrected chi connectivity index (χ2v) is 9.03. The molecule has 0 aromatic heterocycles. The molecule has 0 saturated carbocycles. The van der Waals surface area contributed by atoms with Gasteiger partial charge in [0.05, 0.1) is 11.6 Å². The summed E-state index contributed by atoms with van der Waals surface area (Å²) in [4.78, 5) is 25.5. The quantitative estimate of drug-likeness (QED) is 0.640. The average Bonchev–Trinajstić information content (AvgIpc) is 3.22. The molecule has 2 aromatic rings. The maximum absolute atomic E-state index is 14.9. The van der Waals surface area contributed by atoms with E-state index in [4.69, 9.17) is 0 Å². The van der Waals surface area contributed by atoms with Gasteiger partial charge in [-0.2, -0.15) is 0 Å². The van der Waals surface area contributed by atoms with Crippen LogP contribution >= 0.6 is 0 Å².